The third kappa shape index (κ3) is 4.42. The van der Waals surface area contributed by atoms with Gasteiger partial charge in [0.15, 0.2) is 0 Å². The van der Waals surface area contributed by atoms with Crippen LogP contribution in [0.2, 0.25) is 0 Å². The fourth-order valence-corrected chi connectivity index (χ4v) is 10.4. The van der Waals surface area contributed by atoms with Gasteiger partial charge >= 0.3 is 185 Å². The van der Waals surface area contributed by atoms with E-state index >= 15 is 0 Å². The molecule has 0 unspecified atom stereocenters. The smallest absolute Gasteiger partial charge is 0.0617 e. The van der Waals surface area contributed by atoms with E-state index in [1.54, 1.807) is 0 Å². The Morgan fingerprint density at radius 2 is 0.745 bits per heavy atom. The molecule has 0 aliphatic rings. The molecule has 0 aliphatic heterocycles. The van der Waals surface area contributed by atoms with Crippen molar-refractivity contribution in [2.45, 2.75) is 0 Å². The normalized spacial score (nSPS) is 11.9. The molecule has 238 valence electrons. The van der Waals surface area contributed by atoms with Crippen molar-refractivity contribution in [2.24, 2.45) is 0 Å². The summed E-state index contributed by atoms with van der Waals surface area (Å²) in [6.07, 6.45) is 0. The zero-order valence-electron chi connectivity index (χ0n) is 27.6. The van der Waals surface area contributed by atoms with Gasteiger partial charge in [0.1, 0.15) is 0 Å². The number of rotatable bonds is 4. The fraction of sp³-hybridized carbons (Fsp3) is 0. The molecule has 11 rings (SSSR count). The first-order chi connectivity index (χ1) is 25.3. The van der Waals surface area contributed by atoms with E-state index in [-0.39, 0.29) is 0 Å². The van der Waals surface area contributed by atoms with Gasteiger partial charge in [0.2, 0.25) is 0 Å². The second-order valence-corrected chi connectivity index (χ2v) is 15.6. The van der Waals surface area contributed by atoms with Gasteiger partial charge in [-0.2, -0.15) is 0 Å². The minimum Gasteiger partial charge on any atom is -0.0617 e. The van der Waals surface area contributed by atoms with E-state index in [9.17, 15) is 0 Å². The summed E-state index contributed by atoms with van der Waals surface area (Å²) in [5, 5.41) is 7.84. The standard InChI is InChI=1S/C48H30N2Se/c1-2-10-31(11-3-1)32-18-22-35(23-19-32)49-43-15-7-4-12-37(43)40-28-33(20-25-45(40)49)34-21-26-46-41(29-34)38-13-5-8-16-44(38)50(46)36-24-27-48-42(30-36)39-14-6-9-17-47(39)51-48/h1-30H. The average Bonchev–Trinajstić information content (AvgIpc) is 3.85. The summed E-state index contributed by atoms with van der Waals surface area (Å²) < 4.78 is 7.79. The number of fused-ring (bicyclic) bond motifs is 9. The summed E-state index contributed by atoms with van der Waals surface area (Å²) in [5.41, 5.74) is 12.2. The molecule has 8 aromatic carbocycles. The number of para-hydroxylation sites is 2. The maximum atomic E-state index is 2.45. The van der Waals surface area contributed by atoms with Crippen molar-refractivity contribution in [3.63, 3.8) is 0 Å². The topological polar surface area (TPSA) is 9.86 Å². The molecule has 0 radical (unpaired) electrons. The molecule has 3 heterocycles. The van der Waals surface area contributed by atoms with Gasteiger partial charge in [-0.05, 0) is 29.3 Å². The third-order valence-corrected chi connectivity index (χ3v) is 12.9. The van der Waals surface area contributed by atoms with Crippen molar-refractivity contribution >= 4 is 77.4 Å². The van der Waals surface area contributed by atoms with Crippen molar-refractivity contribution in [3.05, 3.63) is 182 Å². The van der Waals surface area contributed by atoms with Crippen LogP contribution in [-0.2, 0) is 0 Å². The number of benzene rings is 8. The molecular weight excluding hydrogens is 684 g/mol. The summed E-state index contributed by atoms with van der Waals surface area (Å²) in [4.78, 5) is 0. The van der Waals surface area contributed by atoms with Crippen molar-refractivity contribution in [1.29, 1.82) is 0 Å². The predicted molar refractivity (Wildman–Crippen MR) is 218 cm³/mol. The van der Waals surface area contributed by atoms with Gasteiger partial charge in [-0.1, -0.05) is 60.7 Å². The van der Waals surface area contributed by atoms with E-state index in [1.165, 1.54) is 96.5 Å². The minimum atomic E-state index is 0.362. The van der Waals surface area contributed by atoms with E-state index < -0.39 is 0 Å². The summed E-state index contributed by atoms with van der Waals surface area (Å²) in [5.74, 6) is 0. The molecule has 0 bridgehead atoms. The molecular formula is C48H30N2Se. The Bertz CT molecular complexity index is 3120. The Kier molecular flexibility index (Phi) is 6.30. The van der Waals surface area contributed by atoms with Crippen molar-refractivity contribution in [2.75, 3.05) is 0 Å². The van der Waals surface area contributed by atoms with Crippen LogP contribution in [0.25, 0.3) is 96.5 Å². The molecule has 0 aliphatic carbocycles. The van der Waals surface area contributed by atoms with Crippen LogP contribution in [0.5, 0.6) is 0 Å². The van der Waals surface area contributed by atoms with Crippen LogP contribution in [0.1, 0.15) is 0 Å². The zero-order valence-corrected chi connectivity index (χ0v) is 29.3. The summed E-state index contributed by atoms with van der Waals surface area (Å²) in [6, 6.07) is 67.1. The van der Waals surface area contributed by atoms with Crippen LogP contribution in [0.3, 0.4) is 0 Å². The van der Waals surface area contributed by atoms with Crippen LogP contribution in [0.4, 0.5) is 0 Å². The molecule has 3 heteroatoms. The third-order valence-electron chi connectivity index (χ3n) is 10.5. The van der Waals surface area contributed by atoms with Gasteiger partial charge in [-0.3, -0.25) is 0 Å². The molecule has 0 spiro atoms. The van der Waals surface area contributed by atoms with E-state index in [0.717, 1.165) is 0 Å². The van der Waals surface area contributed by atoms with Gasteiger partial charge < -0.3 is 4.57 Å². The molecule has 11 aromatic rings. The van der Waals surface area contributed by atoms with Gasteiger partial charge in [-0.25, -0.2) is 0 Å². The van der Waals surface area contributed by atoms with Gasteiger partial charge in [0, 0.05) is 11.1 Å². The Hall–Kier alpha value is -6.12. The summed E-state index contributed by atoms with van der Waals surface area (Å²) >= 11 is 0.362. The predicted octanol–water partition coefficient (Wildman–Crippen LogP) is 12.6. The fourth-order valence-electron chi connectivity index (χ4n) is 8.15. The van der Waals surface area contributed by atoms with Crippen LogP contribution in [0, 0.1) is 0 Å². The Balaban J connectivity index is 1.06. The number of nitrogens with zero attached hydrogens (tertiary/aromatic N) is 2. The first kappa shape index (κ1) is 28.7. The SMILES string of the molecule is c1ccc(-c2ccc(-n3c4ccccc4c4cc(-c5ccc6c(c5)c5ccccc5n6-c5ccc6[se]c7ccccc7c6c5)ccc43)cc2)cc1. The number of hydrogen-bond donors (Lipinski definition) is 0. The van der Waals surface area contributed by atoms with E-state index in [2.05, 4.69) is 191 Å². The quantitative estimate of drug-likeness (QED) is 0.161. The Labute approximate surface area is 300 Å². The molecule has 0 atom stereocenters. The second kappa shape index (κ2) is 11.2. The van der Waals surface area contributed by atoms with Gasteiger partial charge in [0.05, 0.1) is 11.0 Å². The maximum absolute atomic E-state index is 2.45. The molecule has 0 saturated heterocycles. The van der Waals surface area contributed by atoms with Crippen molar-refractivity contribution < 1.29 is 0 Å². The Morgan fingerprint density at radius 3 is 1.41 bits per heavy atom. The van der Waals surface area contributed by atoms with Gasteiger partial charge in [0.25, 0.3) is 0 Å². The Morgan fingerprint density at radius 1 is 0.275 bits per heavy atom. The minimum absolute atomic E-state index is 0.362. The molecule has 2 nitrogen and oxygen atoms in total. The van der Waals surface area contributed by atoms with Crippen LogP contribution >= 0.6 is 0 Å². The summed E-state index contributed by atoms with van der Waals surface area (Å²) in [6.45, 7) is 0. The molecule has 51 heavy (non-hydrogen) atoms. The average molecular weight is 714 g/mol. The summed E-state index contributed by atoms with van der Waals surface area (Å²) in [7, 11) is 0. The number of hydrogen-bond acceptors (Lipinski definition) is 0. The second-order valence-electron chi connectivity index (χ2n) is 13.4. The van der Waals surface area contributed by atoms with Crippen molar-refractivity contribution in [1.82, 2.24) is 9.13 Å². The monoisotopic (exact) mass is 714 g/mol. The van der Waals surface area contributed by atoms with E-state index in [0.29, 0.717) is 14.5 Å². The molecule has 3 aromatic heterocycles. The van der Waals surface area contributed by atoms with E-state index in [4.69, 9.17) is 0 Å². The van der Waals surface area contributed by atoms with Gasteiger partial charge in [-0.15, -0.1) is 0 Å². The molecule has 0 amide bonds. The van der Waals surface area contributed by atoms with E-state index in [1.807, 2.05) is 0 Å². The zero-order chi connectivity index (χ0) is 33.5. The number of aromatic nitrogens is 2. The first-order valence-corrected chi connectivity index (χ1v) is 19.1. The van der Waals surface area contributed by atoms with Crippen LogP contribution in [-0.4, -0.2) is 23.6 Å². The van der Waals surface area contributed by atoms with Crippen LogP contribution < -0.4 is 0 Å². The first-order valence-electron chi connectivity index (χ1n) is 17.4. The van der Waals surface area contributed by atoms with Crippen LogP contribution in [0.15, 0.2) is 182 Å². The molecule has 0 N–H and O–H groups in total. The van der Waals surface area contributed by atoms with Crippen molar-refractivity contribution in [3.8, 4) is 33.6 Å². The molecule has 0 fully saturated rings. The molecule has 0 saturated carbocycles.